The van der Waals surface area contributed by atoms with E-state index < -0.39 is 19.1 Å². The Labute approximate surface area is 185 Å². The average Bonchev–Trinajstić information content (AvgIpc) is 2.65. The number of rotatable bonds is 9. The molecule has 172 valence electrons. The minimum absolute atomic E-state index is 0.0251. The van der Waals surface area contributed by atoms with Crippen molar-refractivity contribution in [1.29, 1.82) is 0 Å². The summed E-state index contributed by atoms with van der Waals surface area (Å²) in [5, 5.41) is 23.0. The maximum atomic E-state index is 12.3. The molecule has 2 amide bonds. The molecule has 1 aliphatic heterocycles. The van der Waals surface area contributed by atoms with E-state index in [-0.39, 0.29) is 24.4 Å². The van der Waals surface area contributed by atoms with Gasteiger partial charge in [0.05, 0.1) is 12.6 Å². The summed E-state index contributed by atoms with van der Waals surface area (Å²) < 4.78 is 0. The summed E-state index contributed by atoms with van der Waals surface area (Å²) in [6, 6.07) is 8.74. The molecule has 8 nitrogen and oxygen atoms in total. The summed E-state index contributed by atoms with van der Waals surface area (Å²) in [5.41, 5.74) is 1.05. The second-order valence-electron chi connectivity index (χ2n) is 8.79. The Hall–Kier alpha value is -2.39. The molecule has 1 heterocycles. The molecule has 31 heavy (non-hydrogen) atoms. The highest BCUT2D eigenvalue weighted by atomic mass is 16.4. The largest absolute Gasteiger partial charge is 0.480 e. The molecule has 0 aliphatic carbocycles. The molecule has 2 atom stereocenters. The monoisotopic (exact) mass is 433 g/mol. The van der Waals surface area contributed by atoms with Crippen molar-refractivity contribution in [2.75, 3.05) is 6.54 Å². The third-order valence-corrected chi connectivity index (χ3v) is 4.65. The van der Waals surface area contributed by atoms with Gasteiger partial charge in [-0.05, 0) is 37.1 Å². The van der Waals surface area contributed by atoms with Crippen LogP contribution < -0.4 is 10.5 Å². The van der Waals surface area contributed by atoms with Crippen LogP contribution in [0.4, 0.5) is 0 Å². The zero-order valence-electron chi connectivity index (χ0n) is 19.2. The fourth-order valence-corrected chi connectivity index (χ4v) is 3.34. The van der Waals surface area contributed by atoms with E-state index >= 15 is 0 Å². The lowest BCUT2D eigenvalue weighted by Crippen LogP contribution is -2.57. The summed E-state index contributed by atoms with van der Waals surface area (Å²) in [6.07, 6.45) is 1.22. The van der Waals surface area contributed by atoms with Crippen LogP contribution in [-0.2, 0) is 20.9 Å². The lowest BCUT2D eigenvalue weighted by Gasteiger charge is -2.33. The number of nitrogens with zero attached hydrogens (tertiary/aromatic N) is 1. The maximum Gasteiger partial charge on any atom is 0.374 e. The first-order valence-corrected chi connectivity index (χ1v) is 10.8. The molecule has 1 aliphatic rings. The molecule has 4 N–H and O–H groups in total. The van der Waals surface area contributed by atoms with E-state index in [1.54, 1.807) is 4.90 Å². The lowest BCUT2D eigenvalue weighted by molar-refractivity contribution is -0.145. The van der Waals surface area contributed by atoms with Gasteiger partial charge in [0.15, 0.2) is 0 Å². The number of carbonyl (C=O) groups excluding carboxylic acids is 2. The number of carboxylic acids is 1. The molecule has 0 saturated carbocycles. The van der Waals surface area contributed by atoms with Crippen LogP contribution in [-0.4, -0.2) is 58.5 Å². The van der Waals surface area contributed by atoms with Gasteiger partial charge in [-0.15, -0.1) is 0 Å². The molecule has 1 fully saturated rings. The van der Waals surface area contributed by atoms with Crippen LogP contribution in [0.25, 0.3) is 0 Å². The number of hydrogen-bond acceptors (Lipinski definition) is 5. The van der Waals surface area contributed by atoms with Gasteiger partial charge < -0.3 is 25.6 Å². The number of carboxylic acid groups (broad SMARTS) is 1. The van der Waals surface area contributed by atoms with Crippen molar-refractivity contribution in [3.8, 4) is 0 Å². The predicted molar refractivity (Wildman–Crippen MR) is 121 cm³/mol. The summed E-state index contributed by atoms with van der Waals surface area (Å²) >= 11 is 0. The van der Waals surface area contributed by atoms with Gasteiger partial charge in [-0.25, -0.2) is 0 Å². The summed E-state index contributed by atoms with van der Waals surface area (Å²) in [7, 11) is -0.773. The number of amides is 2. The first kappa shape index (κ1) is 26.6. The van der Waals surface area contributed by atoms with E-state index in [0.29, 0.717) is 31.2 Å². The average molecular weight is 433 g/mol. The molecule has 0 radical (unpaired) electrons. The molecule has 2 rings (SSSR count). The Morgan fingerprint density at radius 3 is 2.29 bits per heavy atom. The maximum absolute atomic E-state index is 12.3. The molecular formula is C22H36BN3O5. The van der Waals surface area contributed by atoms with Crippen molar-refractivity contribution in [1.82, 2.24) is 15.4 Å². The van der Waals surface area contributed by atoms with Gasteiger partial charge >= 0.3 is 13.0 Å². The molecule has 1 saturated heterocycles. The molecule has 1 aromatic rings. The van der Waals surface area contributed by atoms with Crippen LogP contribution in [0.1, 0.15) is 46.1 Å². The van der Waals surface area contributed by atoms with Gasteiger partial charge in [0.25, 0.3) is 0 Å². The highest BCUT2D eigenvalue weighted by molar-refractivity contribution is 6.46. The standard InChI is InChI=1S/C15H20N2O2.C7H16BNO3/c1-11(2)8-13-15(19)17(10-14(18)16-13)9-12-6-4-3-5-7-12;1-5(2)4-6(7(10)11)9-8(3)12/h3-7,11,13H,8-10H2,1-2H3,(H,16,18);5-6,9,12H,4H2,1-3H3,(H,10,11)/t13-;/m0./s1. The van der Waals surface area contributed by atoms with Crippen molar-refractivity contribution in [3.05, 3.63) is 35.9 Å². The Morgan fingerprint density at radius 1 is 1.19 bits per heavy atom. The molecule has 0 bridgehead atoms. The van der Waals surface area contributed by atoms with Gasteiger partial charge in [-0.3, -0.25) is 14.4 Å². The number of aliphatic carboxylic acids is 1. The van der Waals surface area contributed by atoms with Gasteiger partial charge in [-0.2, -0.15) is 0 Å². The van der Waals surface area contributed by atoms with Crippen LogP contribution in [0.3, 0.4) is 0 Å². The van der Waals surface area contributed by atoms with Crippen LogP contribution in [0.5, 0.6) is 0 Å². The Kier molecular flexibility index (Phi) is 11.3. The zero-order valence-corrected chi connectivity index (χ0v) is 19.2. The highest BCUT2D eigenvalue weighted by Crippen LogP contribution is 2.14. The first-order valence-electron chi connectivity index (χ1n) is 10.8. The van der Waals surface area contributed by atoms with Crippen molar-refractivity contribution in [2.45, 2.75) is 66.0 Å². The van der Waals surface area contributed by atoms with Crippen molar-refractivity contribution in [3.63, 3.8) is 0 Å². The second kappa shape index (κ2) is 13.1. The van der Waals surface area contributed by atoms with Crippen LogP contribution in [0, 0.1) is 11.8 Å². The molecule has 1 unspecified atom stereocenters. The zero-order chi connectivity index (χ0) is 23.6. The Morgan fingerprint density at radius 2 is 1.81 bits per heavy atom. The van der Waals surface area contributed by atoms with E-state index in [0.717, 1.165) is 5.56 Å². The predicted octanol–water partition coefficient (Wildman–Crippen LogP) is 1.75. The van der Waals surface area contributed by atoms with Gasteiger partial charge in [0, 0.05) is 6.54 Å². The minimum atomic E-state index is -0.912. The fourth-order valence-electron chi connectivity index (χ4n) is 3.34. The van der Waals surface area contributed by atoms with E-state index in [4.69, 9.17) is 10.1 Å². The molecular weight excluding hydrogens is 397 g/mol. The quantitative estimate of drug-likeness (QED) is 0.441. The van der Waals surface area contributed by atoms with Gasteiger partial charge in [0.1, 0.15) is 6.04 Å². The molecule has 0 aromatic heterocycles. The smallest absolute Gasteiger partial charge is 0.374 e. The third kappa shape index (κ3) is 10.5. The fraction of sp³-hybridized carbons (Fsp3) is 0.591. The normalized spacial score (nSPS) is 17.2. The van der Waals surface area contributed by atoms with E-state index in [9.17, 15) is 14.4 Å². The topological polar surface area (TPSA) is 119 Å². The van der Waals surface area contributed by atoms with Crippen molar-refractivity contribution >= 4 is 24.8 Å². The number of carbonyl (C=O) groups is 3. The van der Waals surface area contributed by atoms with Gasteiger partial charge in [-0.1, -0.05) is 58.0 Å². The lowest BCUT2D eigenvalue weighted by atomic mass is 9.86. The summed E-state index contributed by atoms with van der Waals surface area (Å²) in [4.78, 5) is 36.3. The Balaban J connectivity index is 0.000000348. The SMILES string of the molecule is CB(O)NC(CC(C)C)C(=O)O.CC(C)C[C@@H]1NC(=O)CN(Cc2ccccc2)C1=O. The van der Waals surface area contributed by atoms with Crippen LogP contribution in [0.15, 0.2) is 30.3 Å². The van der Waals surface area contributed by atoms with Crippen molar-refractivity contribution in [2.24, 2.45) is 11.8 Å². The second-order valence-corrected chi connectivity index (χ2v) is 8.79. The first-order chi connectivity index (χ1) is 14.5. The number of hydrogen-bond donors (Lipinski definition) is 4. The third-order valence-electron chi connectivity index (χ3n) is 4.65. The van der Waals surface area contributed by atoms with Crippen LogP contribution in [0.2, 0.25) is 6.82 Å². The highest BCUT2D eigenvalue weighted by Gasteiger charge is 2.32. The molecule has 9 heteroatoms. The van der Waals surface area contributed by atoms with E-state index in [2.05, 4.69) is 24.4 Å². The molecule has 0 spiro atoms. The minimum Gasteiger partial charge on any atom is -0.480 e. The van der Waals surface area contributed by atoms with E-state index in [1.807, 2.05) is 44.2 Å². The Bertz CT molecular complexity index is 702. The number of piperazine rings is 1. The number of nitrogens with one attached hydrogen (secondary N) is 2. The summed E-state index contributed by atoms with van der Waals surface area (Å²) in [5.74, 6) is -0.272. The number of benzene rings is 1. The van der Waals surface area contributed by atoms with Crippen LogP contribution >= 0.6 is 0 Å². The van der Waals surface area contributed by atoms with E-state index in [1.165, 1.54) is 6.82 Å². The summed E-state index contributed by atoms with van der Waals surface area (Å²) in [6.45, 7) is 10.2. The van der Waals surface area contributed by atoms with Gasteiger partial charge in [0.2, 0.25) is 11.8 Å². The van der Waals surface area contributed by atoms with Crippen molar-refractivity contribution < 1.29 is 24.5 Å². The molecule has 1 aromatic carbocycles.